The van der Waals surface area contributed by atoms with Gasteiger partial charge in [-0.3, -0.25) is 0 Å². The Morgan fingerprint density at radius 2 is 1.83 bits per heavy atom. The molecule has 0 radical (unpaired) electrons. The Morgan fingerprint density at radius 1 is 1.06 bits per heavy atom. The highest BCUT2D eigenvalue weighted by atomic mass is 16.5. The molecule has 4 N–H and O–H groups in total. The molecule has 0 aliphatic carbocycles. The van der Waals surface area contributed by atoms with Crippen molar-refractivity contribution >= 4 is 11.4 Å². The predicted molar refractivity (Wildman–Crippen MR) is 75.7 cm³/mol. The van der Waals surface area contributed by atoms with E-state index in [4.69, 9.17) is 16.2 Å². The van der Waals surface area contributed by atoms with Crippen LogP contribution in [-0.4, -0.2) is 31.1 Å². The second-order valence-corrected chi connectivity index (χ2v) is 4.90. The van der Waals surface area contributed by atoms with Crippen LogP contribution < -0.4 is 16.2 Å². The number of hydrogen-bond acceptors (Lipinski definition) is 4. The molecule has 0 spiro atoms. The SMILES string of the molecule is Nc1ccc(OCCCN2CCCCC2)cc1N. The van der Waals surface area contributed by atoms with Crippen LogP contribution in [0.3, 0.4) is 0 Å². The highest BCUT2D eigenvalue weighted by molar-refractivity contribution is 5.65. The lowest BCUT2D eigenvalue weighted by Crippen LogP contribution is -2.31. The van der Waals surface area contributed by atoms with Crippen LogP contribution in [0.2, 0.25) is 0 Å². The molecule has 1 fully saturated rings. The van der Waals surface area contributed by atoms with E-state index in [1.807, 2.05) is 6.07 Å². The molecule has 1 saturated heterocycles. The molecular weight excluding hydrogens is 226 g/mol. The third-order valence-corrected chi connectivity index (χ3v) is 3.39. The van der Waals surface area contributed by atoms with Gasteiger partial charge in [-0.05, 0) is 44.5 Å². The van der Waals surface area contributed by atoms with Gasteiger partial charge in [0.25, 0.3) is 0 Å². The molecular formula is C14H23N3O. The fourth-order valence-electron chi connectivity index (χ4n) is 2.30. The maximum absolute atomic E-state index is 5.73. The number of anilines is 2. The van der Waals surface area contributed by atoms with E-state index in [1.165, 1.54) is 32.4 Å². The number of nitrogen functional groups attached to an aromatic ring is 2. The average molecular weight is 249 g/mol. The number of piperidine rings is 1. The van der Waals surface area contributed by atoms with Gasteiger partial charge in [0, 0.05) is 12.6 Å². The first-order valence-electron chi connectivity index (χ1n) is 6.76. The zero-order valence-corrected chi connectivity index (χ0v) is 10.9. The fraction of sp³-hybridized carbons (Fsp3) is 0.571. The first-order chi connectivity index (χ1) is 8.75. The molecule has 1 heterocycles. The monoisotopic (exact) mass is 249 g/mol. The molecule has 0 unspecified atom stereocenters. The minimum atomic E-state index is 0.587. The van der Waals surface area contributed by atoms with Crippen LogP contribution in [0, 0.1) is 0 Å². The normalized spacial score (nSPS) is 16.7. The van der Waals surface area contributed by atoms with Crippen molar-refractivity contribution in [2.75, 3.05) is 37.7 Å². The zero-order chi connectivity index (χ0) is 12.8. The molecule has 0 atom stereocenters. The van der Waals surface area contributed by atoms with E-state index in [-0.39, 0.29) is 0 Å². The number of nitrogens with zero attached hydrogens (tertiary/aromatic N) is 1. The minimum Gasteiger partial charge on any atom is -0.493 e. The maximum Gasteiger partial charge on any atom is 0.121 e. The summed E-state index contributed by atoms with van der Waals surface area (Å²) in [7, 11) is 0. The molecule has 1 aliphatic rings. The van der Waals surface area contributed by atoms with Crippen molar-refractivity contribution in [3.63, 3.8) is 0 Å². The van der Waals surface area contributed by atoms with E-state index in [0.29, 0.717) is 11.4 Å². The second-order valence-electron chi connectivity index (χ2n) is 4.90. The maximum atomic E-state index is 5.73. The Kier molecular flexibility index (Phi) is 4.70. The summed E-state index contributed by atoms with van der Waals surface area (Å²) in [6, 6.07) is 5.44. The number of hydrogen-bond donors (Lipinski definition) is 2. The third kappa shape index (κ3) is 3.81. The highest BCUT2D eigenvalue weighted by Gasteiger charge is 2.09. The van der Waals surface area contributed by atoms with Gasteiger partial charge < -0.3 is 21.1 Å². The van der Waals surface area contributed by atoms with Gasteiger partial charge in [-0.15, -0.1) is 0 Å². The summed E-state index contributed by atoms with van der Waals surface area (Å²) in [5.41, 5.74) is 12.6. The Morgan fingerprint density at radius 3 is 2.56 bits per heavy atom. The Balaban J connectivity index is 1.66. The summed E-state index contributed by atoms with van der Waals surface area (Å²) in [6.07, 6.45) is 5.13. The number of likely N-dealkylation sites (tertiary alicyclic amines) is 1. The van der Waals surface area contributed by atoms with Crippen molar-refractivity contribution in [3.8, 4) is 5.75 Å². The summed E-state index contributed by atoms with van der Waals surface area (Å²) in [5, 5.41) is 0. The van der Waals surface area contributed by atoms with E-state index < -0.39 is 0 Å². The largest absolute Gasteiger partial charge is 0.493 e. The number of nitrogens with two attached hydrogens (primary N) is 2. The molecule has 0 amide bonds. The van der Waals surface area contributed by atoms with Crippen molar-refractivity contribution in [1.29, 1.82) is 0 Å². The molecule has 0 saturated carbocycles. The van der Waals surface area contributed by atoms with Crippen LogP contribution in [0.25, 0.3) is 0 Å². The quantitative estimate of drug-likeness (QED) is 0.619. The minimum absolute atomic E-state index is 0.587. The Hall–Kier alpha value is -1.42. The standard InChI is InChI=1S/C14H23N3O/c15-13-6-5-12(11-14(13)16)18-10-4-9-17-7-2-1-3-8-17/h5-6,11H,1-4,7-10,15-16H2. The van der Waals surface area contributed by atoms with Crippen LogP contribution in [0.5, 0.6) is 5.75 Å². The molecule has 1 aromatic rings. The molecule has 4 nitrogen and oxygen atoms in total. The van der Waals surface area contributed by atoms with Crippen molar-refractivity contribution in [3.05, 3.63) is 18.2 Å². The summed E-state index contributed by atoms with van der Waals surface area (Å²) >= 11 is 0. The van der Waals surface area contributed by atoms with E-state index in [9.17, 15) is 0 Å². The Bertz CT molecular complexity index is 375. The van der Waals surface area contributed by atoms with Crippen molar-refractivity contribution in [2.45, 2.75) is 25.7 Å². The molecule has 100 valence electrons. The van der Waals surface area contributed by atoms with Gasteiger partial charge in [0.1, 0.15) is 5.75 Å². The van der Waals surface area contributed by atoms with Gasteiger partial charge >= 0.3 is 0 Å². The average Bonchev–Trinajstić information content (AvgIpc) is 2.40. The number of rotatable bonds is 5. The van der Waals surface area contributed by atoms with E-state index >= 15 is 0 Å². The molecule has 0 bridgehead atoms. The fourth-order valence-corrected chi connectivity index (χ4v) is 2.30. The van der Waals surface area contributed by atoms with E-state index in [2.05, 4.69) is 4.90 Å². The molecule has 2 rings (SSSR count). The molecule has 4 heteroatoms. The lowest BCUT2D eigenvalue weighted by molar-refractivity contribution is 0.205. The van der Waals surface area contributed by atoms with Crippen LogP contribution >= 0.6 is 0 Å². The third-order valence-electron chi connectivity index (χ3n) is 3.39. The predicted octanol–water partition coefficient (Wildman–Crippen LogP) is 2.11. The first kappa shape index (κ1) is 13.0. The topological polar surface area (TPSA) is 64.5 Å². The smallest absolute Gasteiger partial charge is 0.121 e. The lowest BCUT2D eigenvalue weighted by Gasteiger charge is -2.26. The van der Waals surface area contributed by atoms with E-state index in [1.54, 1.807) is 12.1 Å². The van der Waals surface area contributed by atoms with Crippen molar-refractivity contribution in [1.82, 2.24) is 4.90 Å². The van der Waals surface area contributed by atoms with Gasteiger partial charge in [0.2, 0.25) is 0 Å². The second kappa shape index (κ2) is 6.50. The summed E-state index contributed by atoms with van der Waals surface area (Å²) < 4.78 is 5.67. The summed E-state index contributed by atoms with van der Waals surface area (Å²) in [6.45, 7) is 4.36. The van der Waals surface area contributed by atoms with Crippen LogP contribution in [0.1, 0.15) is 25.7 Å². The van der Waals surface area contributed by atoms with Crippen LogP contribution in [-0.2, 0) is 0 Å². The first-order valence-corrected chi connectivity index (χ1v) is 6.76. The number of benzene rings is 1. The van der Waals surface area contributed by atoms with Gasteiger partial charge in [0.05, 0.1) is 18.0 Å². The lowest BCUT2D eigenvalue weighted by atomic mass is 10.1. The molecule has 0 aromatic heterocycles. The van der Waals surface area contributed by atoms with Gasteiger partial charge in [-0.1, -0.05) is 6.42 Å². The Labute approximate surface area is 109 Å². The van der Waals surface area contributed by atoms with E-state index in [0.717, 1.165) is 25.3 Å². The summed E-state index contributed by atoms with van der Waals surface area (Å²) in [5.74, 6) is 0.806. The van der Waals surface area contributed by atoms with Crippen LogP contribution in [0.4, 0.5) is 11.4 Å². The summed E-state index contributed by atoms with van der Waals surface area (Å²) in [4.78, 5) is 2.52. The number of ether oxygens (including phenoxy) is 1. The van der Waals surface area contributed by atoms with Crippen molar-refractivity contribution < 1.29 is 4.74 Å². The van der Waals surface area contributed by atoms with Gasteiger partial charge in [-0.25, -0.2) is 0 Å². The van der Waals surface area contributed by atoms with Crippen LogP contribution in [0.15, 0.2) is 18.2 Å². The molecule has 18 heavy (non-hydrogen) atoms. The molecule has 1 aliphatic heterocycles. The highest BCUT2D eigenvalue weighted by Crippen LogP contribution is 2.21. The van der Waals surface area contributed by atoms with Crippen molar-refractivity contribution in [2.24, 2.45) is 0 Å². The molecule has 1 aromatic carbocycles. The van der Waals surface area contributed by atoms with Gasteiger partial charge in [-0.2, -0.15) is 0 Å². The zero-order valence-electron chi connectivity index (χ0n) is 10.9. The van der Waals surface area contributed by atoms with Gasteiger partial charge in [0.15, 0.2) is 0 Å².